The lowest BCUT2D eigenvalue weighted by molar-refractivity contribution is 0.173. The SMILES string of the molecule is CS(=O)(=O)N1CCC(NCc2cccc3c2OCO3)CC1. The summed E-state index contributed by atoms with van der Waals surface area (Å²) in [5.41, 5.74) is 1.08. The van der Waals surface area contributed by atoms with Crippen LogP contribution in [-0.4, -0.2) is 44.9 Å². The Hall–Kier alpha value is -1.31. The highest BCUT2D eigenvalue weighted by Gasteiger charge is 2.25. The van der Waals surface area contributed by atoms with Gasteiger partial charge in [0.2, 0.25) is 16.8 Å². The van der Waals surface area contributed by atoms with Crippen LogP contribution in [0.3, 0.4) is 0 Å². The van der Waals surface area contributed by atoms with Crippen LogP contribution in [0.4, 0.5) is 0 Å². The highest BCUT2D eigenvalue weighted by atomic mass is 32.2. The van der Waals surface area contributed by atoms with Gasteiger partial charge in [-0.05, 0) is 18.9 Å². The number of nitrogens with one attached hydrogen (secondary N) is 1. The van der Waals surface area contributed by atoms with E-state index in [2.05, 4.69) is 5.32 Å². The third kappa shape index (κ3) is 3.30. The van der Waals surface area contributed by atoms with Crippen LogP contribution >= 0.6 is 0 Å². The van der Waals surface area contributed by atoms with Crippen molar-refractivity contribution in [3.05, 3.63) is 23.8 Å². The van der Waals surface area contributed by atoms with Crippen LogP contribution in [0.15, 0.2) is 18.2 Å². The molecule has 2 aliphatic rings. The maximum Gasteiger partial charge on any atom is 0.231 e. The summed E-state index contributed by atoms with van der Waals surface area (Å²) in [4.78, 5) is 0. The molecule has 0 aromatic heterocycles. The molecule has 2 heterocycles. The molecule has 0 amide bonds. The molecule has 0 spiro atoms. The standard InChI is InChI=1S/C14H20N2O4S/c1-21(17,18)16-7-5-12(6-8-16)15-9-11-3-2-4-13-14(11)20-10-19-13/h2-4,12,15H,5-10H2,1H3. The Labute approximate surface area is 125 Å². The monoisotopic (exact) mass is 312 g/mol. The van der Waals surface area contributed by atoms with Crippen LogP contribution in [0.5, 0.6) is 11.5 Å². The number of rotatable bonds is 4. The van der Waals surface area contributed by atoms with Crippen molar-refractivity contribution in [1.29, 1.82) is 0 Å². The van der Waals surface area contributed by atoms with Crippen LogP contribution in [0, 0.1) is 0 Å². The van der Waals surface area contributed by atoms with Crippen molar-refractivity contribution < 1.29 is 17.9 Å². The van der Waals surface area contributed by atoms with Gasteiger partial charge in [0.1, 0.15) is 0 Å². The van der Waals surface area contributed by atoms with E-state index < -0.39 is 10.0 Å². The Morgan fingerprint density at radius 1 is 1.29 bits per heavy atom. The third-order valence-corrected chi connectivity index (χ3v) is 5.29. The number of nitrogens with zero attached hydrogens (tertiary/aromatic N) is 1. The smallest absolute Gasteiger partial charge is 0.231 e. The van der Waals surface area contributed by atoms with E-state index >= 15 is 0 Å². The first-order valence-electron chi connectivity index (χ1n) is 7.10. The van der Waals surface area contributed by atoms with Crippen LogP contribution in [0.25, 0.3) is 0 Å². The summed E-state index contributed by atoms with van der Waals surface area (Å²) in [5.74, 6) is 1.61. The number of ether oxygens (including phenoxy) is 2. The summed E-state index contributed by atoms with van der Waals surface area (Å²) in [7, 11) is -3.06. The second-order valence-electron chi connectivity index (χ2n) is 5.47. The molecule has 0 atom stereocenters. The Morgan fingerprint density at radius 2 is 2.05 bits per heavy atom. The van der Waals surface area contributed by atoms with E-state index in [-0.39, 0.29) is 6.79 Å². The fourth-order valence-corrected chi connectivity index (χ4v) is 3.65. The molecule has 7 heteroatoms. The van der Waals surface area contributed by atoms with Gasteiger partial charge in [0.25, 0.3) is 0 Å². The molecular formula is C14H20N2O4S. The van der Waals surface area contributed by atoms with Crippen molar-refractivity contribution >= 4 is 10.0 Å². The molecule has 1 N–H and O–H groups in total. The molecule has 1 saturated heterocycles. The molecule has 0 saturated carbocycles. The van der Waals surface area contributed by atoms with Crippen LogP contribution in [0.2, 0.25) is 0 Å². The molecule has 0 aliphatic carbocycles. The number of sulfonamides is 1. The number of hydrogen-bond donors (Lipinski definition) is 1. The lowest BCUT2D eigenvalue weighted by Crippen LogP contribution is -2.44. The van der Waals surface area contributed by atoms with Crippen molar-refractivity contribution in [2.24, 2.45) is 0 Å². The second-order valence-corrected chi connectivity index (χ2v) is 7.45. The van der Waals surface area contributed by atoms with Gasteiger partial charge in [-0.3, -0.25) is 0 Å². The minimum absolute atomic E-state index is 0.277. The fraction of sp³-hybridized carbons (Fsp3) is 0.571. The van der Waals surface area contributed by atoms with E-state index in [0.717, 1.165) is 29.9 Å². The predicted octanol–water partition coefficient (Wildman–Crippen LogP) is 0.929. The first-order valence-corrected chi connectivity index (χ1v) is 8.95. The Morgan fingerprint density at radius 3 is 2.76 bits per heavy atom. The molecule has 2 aliphatic heterocycles. The summed E-state index contributed by atoms with van der Waals surface area (Å²) in [6.07, 6.45) is 2.93. The zero-order valence-corrected chi connectivity index (χ0v) is 12.9. The van der Waals surface area contributed by atoms with E-state index in [9.17, 15) is 8.42 Å². The molecule has 21 heavy (non-hydrogen) atoms. The lowest BCUT2D eigenvalue weighted by atomic mass is 10.1. The first kappa shape index (κ1) is 14.6. The topological polar surface area (TPSA) is 67.9 Å². The van der Waals surface area contributed by atoms with Crippen molar-refractivity contribution in [3.8, 4) is 11.5 Å². The van der Waals surface area contributed by atoms with Gasteiger partial charge >= 0.3 is 0 Å². The maximum absolute atomic E-state index is 11.5. The average Bonchev–Trinajstić information content (AvgIpc) is 2.93. The van der Waals surface area contributed by atoms with E-state index in [1.165, 1.54) is 6.26 Å². The predicted molar refractivity (Wildman–Crippen MR) is 78.8 cm³/mol. The van der Waals surface area contributed by atoms with Gasteiger partial charge < -0.3 is 14.8 Å². The number of benzene rings is 1. The summed E-state index contributed by atoms with van der Waals surface area (Å²) in [6, 6.07) is 6.21. The normalized spacial score (nSPS) is 19.9. The van der Waals surface area contributed by atoms with Crippen LogP contribution in [0.1, 0.15) is 18.4 Å². The molecular weight excluding hydrogens is 292 g/mol. The van der Waals surface area contributed by atoms with E-state index in [0.29, 0.717) is 25.7 Å². The Bertz CT molecular complexity index is 609. The largest absolute Gasteiger partial charge is 0.454 e. The molecule has 0 unspecified atom stereocenters. The summed E-state index contributed by atoms with van der Waals surface area (Å²) < 4.78 is 35.3. The molecule has 0 bridgehead atoms. The number of piperidine rings is 1. The third-order valence-electron chi connectivity index (χ3n) is 3.98. The Kier molecular flexibility index (Phi) is 4.05. The molecule has 1 aromatic rings. The van der Waals surface area contributed by atoms with Crippen LogP contribution in [-0.2, 0) is 16.6 Å². The van der Waals surface area contributed by atoms with Crippen molar-refractivity contribution in [2.45, 2.75) is 25.4 Å². The van der Waals surface area contributed by atoms with Gasteiger partial charge in [-0.1, -0.05) is 12.1 Å². The maximum atomic E-state index is 11.5. The molecule has 6 nitrogen and oxygen atoms in total. The lowest BCUT2D eigenvalue weighted by Gasteiger charge is -2.30. The van der Waals surface area contributed by atoms with Gasteiger partial charge in [-0.15, -0.1) is 0 Å². The average molecular weight is 312 g/mol. The zero-order valence-electron chi connectivity index (χ0n) is 12.0. The molecule has 0 radical (unpaired) electrons. The van der Waals surface area contributed by atoms with Gasteiger partial charge in [-0.2, -0.15) is 0 Å². The fourth-order valence-electron chi connectivity index (χ4n) is 2.78. The second kappa shape index (κ2) is 5.82. The van der Waals surface area contributed by atoms with Gasteiger partial charge in [0.05, 0.1) is 6.26 Å². The minimum Gasteiger partial charge on any atom is -0.454 e. The quantitative estimate of drug-likeness (QED) is 0.896. The van der Waals surface area contributed by atoms with Crippen LogP contribution < -0.4 is 14.8 Å². The number of fused-ring (bicyclic) bond motifs is 1. The first-order chi connectivity index (χ1) is 10.0. The van der Waals surface area contributed by atoms with Crippen molar-refractivity contribution in [1.82, 2.24) is 9.62 Å². The molecule has 116 valence electrons. The zero-order chi connectivity index (χ0) is 14.9. The number of para-hydroxylation sites is 1. The van der Waals surface area contributed by atoms with E-state index in [1.54, 1.807) is 4.31 Å². The summed E-state index contributed by atoms with van der Waals surface area (Å²) >= 11 is 0. The van der Waals surface area contributed by atoms with E-state index in [4.69, 9.17) is 9.47 Å². The summed E-state index contributed by atoms with van der Waals surface area (Å²) in [5, 5.41) is 3.48. The molecule has 3 rings (SSSR count). The van der Waals surface area contributed by atoms with Gasteiger partial charge in [-0.25, -0.2) is 12.7 Å². The van der Waals surface area contributed by atoms with Gasteiger partial charge in [0.15, 0.2) is 11.5 Å². The molecule has 1 aromatic carbocycles. The summed E-state index contributed by atoms with van der Waals surface area (Å²) in [6.45, 7) is 2.15. The highest BCUT2D eigenvalue weighted by Crippen LogP contribution is 2.35. The van der Waals surface area contributed by atoms with Crippen molar-refractivity contribution in [3.63, 3.8) is 0 Å². The number of hydrogen-bond acceptors (Lipinski definition) is 5. The molecule has 1 fully saturated rings. The van der Waals surface area contributed by atoms with Gasteiger partial charge in [0, 0.05) is 31.2 Å². The minimum atomic E-state index is -3.06. The Balaban J connectivity index is 1.54. The van der Waals surface area contributed by atoms with Crippen molar-refractivity contribution in [2.75, 3.05) is 26.1 Å². The highest BCUT2D eigenvalue weighted by molar-refractivity contribution is 7.88. The van der Waals surface area contributed by atoms with E-state index in [1.807, 2.05) is 18.2 Å².